The molecule has 2 N–H and O–H groups in total. The van der Waals surface area contributed by atoms with E-state index in [2.05, 4.69) is 20.6 Å². The number of hydrogen-bond acceptors (Lipinski definition) is 6. The topological polar surface area (TPSA) is 85.4 Å². The molecule has 0 aliphatic rings. The zero-order valence-electron chi connectivity index (χ0n) is 17.2. The van der Waals surface area contributed by atoms with Crippen LogP contribution < -0.4 is 20.1 Å². The molecule has 0 bridgehead atoms. The van der Waals surface area contributed by atoms with Gasteiger partial charge in [0, 0.05) is 17.4 Å². The van der Waals surface area contributed by atoms with Crippen LogP contribution in [0.3, 0.4) is 0 Å². The normalized spacial score (nSPS) is 10.4. The van der Waals surface area contributed by atoms with Crippen LogP contribution in [0.15, 0.2) is 42.5 Å². The van der Waals surface area contributed by atoms with Gasteiger partial charge in [-0.2, -0.15) is 0 Å². The largest absolute Gasteiger partial charge is 0.497 e. The van der Waals surface area contributed by atoms with Crippen molar-refractivity contribution in [3.63, 3.8) is 0 Å². The van der Waals surface area contributed by atoms with Crippen molar-refractivity contribution >= 4 is 23.2 Å². The molecule has 0 aliphatic heterocycles. The van der Waals surface area contributed by atoms with Crippen LogP contribution in [0, 0.1) is 20.8 Å². The molecule has 7 heteroatoms. The Kier molecular flexibility index (Phi) is 5.97. The summed E-state index contributed by atoms with van der Waals surface area (Å²) in [6.07, 6.45) is 0. The third-order valence-corrected chi connectivity index (χ3v) is 4.38. The van der Waals surface area contributed by atoms with Crippen molar-refractivity contribution in [3.05, 3.63) is 65.0 Å². The molecule has 0 unspecified atom stereocenters. The smallest absolute Gasteiger partial charge is 0.274 e. The van der Waals surface area contributed by atoms with Crippen molar-refractivity contribution in [2.75, 3.05) is 24.9 Å². The highest BCUT2D eigenvalue weighted by molar-refractivity contribution is 6.04. The first kappa shape index (κ1) is 20.1. The van der Waals surface area contributed by atoms with Gasteiger partial charge in [0.05, 0.1) is 19.9 Å². The predicted molar refractivity (Wildman–Crippen MR) is 113 cm³/mol. The predicted octanol–water partition coefficient (Wildman–Crippen LogP) is 4.41. The molecule has 3 aromatic rings. The number of carbonyl (C=O) groups is 1. The average molecular weight is 392 g/mol. The van der Waals surface area contributed by atoms with Gasteiger partial charge in [0.25, 0.3) is 5.91 Å². The molecule has 0 spiro atoms. The molecule has 150 valence electrons. The number of hydrogen-bond donors (Lipinski definition) is 2. The molecule has 3 rings (SSSR count). The summed E-state index contributed by atoms with van der Waals surface area (Å²) in [7, 11) is 3.10. The number of aryl methyl sites for hydroxylation is 3. The van der Waals surface area contributed by atoms with E-state index < -0.39 is 0 Å². The van der Waals surface area contributed by atoms with Gasteiger partial charge in [0.1, 0.15) is 17.2 Å². The minimum absolute atomic E-state index is 0.253. The average Bonchev–Trinajstić information content (AvgIpc) is 2.70. The Hall–Kier alpha value is -3.61. The quantitative estimate of drug-likeness (QED) is 0.646. The molecule has 29 heavy (non-hydrogen) atoms. The highest BCUT2D eigenvalue weighted by Crippen LogP contribution is 2.29. The molecule has 1 amide bonds. The van der Waals surface area contributed by atoms with Crippen LogP contribution in [0.2, 0.25) is 0 Å². The van der Waals surface area contributed by atoms with E-state index in [0.29, 0.717) is 28.8 Å². The van der Waals surface area contributed by atoms with Crippen molar-refractivity contribution in [3.8, 4) is 11.5 Å². The summed E-state index contributed by atoms with van der Waals surface area (Å²) in [5, 5.41) is 6.04. The number of rotatable bonds is 6. The summed E-state index contributed by atoms with van der Waals surface area (Å²) in [4.78, 5) is 21.6. The van der Waals surface area contributed by atoms with Crippen molar-refractivity contribution in [1.82, 2.24) is 9.97 Å². The molecule has 1 heterocycles. The van der Waals surface area contributed by atoms with Gasteiger partial charge in [-0.05, 0) is 56.2 Å². The lowest BCUT2D eigenvalue weighted by atomic mass is 10.1. The highest BCUT2D eigenvalue weighted by Gasteiger charge is 2.14. The van der Waals surface area contributed by atoms with Gasteiger partial charge in [-0.15, -0.1) is 0 Å². The third-order valence-electron chi connectivity index (χ3n) is 4.38. The highest BCUT2D eigenvalue weighted by atomic mass is 16.5. The third kappa shape index (κ3) is 4.82. The Morgan fingerprint density at radius 1 is 0.897 bits per heavy atom. The van der Waals surface area contributed by atoms with E-state index in [9.17, 15) is 4.79 Å². The molecule has 1 aromatic heterocycles. The van der Waals surface area contributed by atoms with Crippen molar-refractivity contribution in [2.45, 2.75) is 20.8 Å². The lowest BCUT2D eigenvalue weighted by molar-refractivity contribution is 0.102. The number of nitrogens with zero attached hydrogens (tertiary/aromatic N) is 2. The molecule has 0 fully saturated rings. The molecule has 0 radical (unpaired) electrons. The van der Waals surface area contributed by atoms with Gasteiger partial charge >= 0.3 is 0 Å². The van der Waals surface area contributed by atoms with Crippen molar-refractivity contribution < 1.29 is 14.3 Å². The summed E-state index contributed by atoms with van der Waals surface area (Å²) in [5.41, 5.74) is 4.55. The maximum atomic E-state index is 12.8. The number of anilines is 3. The molecule has 0 saturated carbocycles. The standard InChI is InChI=1S/C22H24N4O3/c1-13-6-7-14(2)18(10-13)25-22-23-15(3)11-19(26-22)21(27)24-17-9-8-16(28-4)12-20(17)29-5/h6-12H,1-5H3,(H,24,27)(H,23,25,26). The van der Waals surface area contributed by atoms with Gasteiger partial charge < -0.3 is 20.1 Å². The van der Waals surface area contributed by atoms with Crippen LogP contribution in [0.25, 0.3) is 0 Å². The Morgan fingerprint density at radius 3 is 2.41 bits per heavy atom. The summed E-state index contributed by atoms with van der Waals surface area (Å²) in [6.45, 7) is 5.84. The minimum Gasteiger partial charge on any atom is -0.497 e. The lowest BCUT2D eigenvalue weighted by Gasteiger charge is -2.13. The van der Waals surface area contributed by atoms with Crippen LogP contribution in [-0.4, -0.2) is 30.1 Å². The molecule has 2 aromatic carbocycles. The Balaban J connectivity index is 1.86. The van der Waals surface area contributed by atoms with Gasteiger partial charge in [-0.25, -0.2) is 9.97 Å². The van der Waals surface area contributed by atoms with E-state index in [-0.39, 0.29) is 11.6 Å². The Bertz CT molecular complexity index is 1050. The fourth-order valence-electron chi connectivity index (χ4n) is 2.82. The fourth-order valence-corrected chi connectivity index (χ4v) is 2.82. The first-order valence-electron chi connectivity index (χ1n) is 9.13. The van der Waals surface area contributed by atoms with E-state index in [4.69, 9.17) is 9.47 Å². The number of carbonyl (C=O) groups excluding carboxylic acids is 1. The summed E-state index contributed by atoms with van der Waals surface area (Å²) in [5.74, 6) is 1.14. The second kappa shape index (κ2) is 8.60. The summed E-state index contributed by atoms with van der Waals surface area (Å²) < 4.78 is 10.5. The first-order chi connectivity index (χ1) is 13.9. The van der Waals surface area contributed by atoms with Crippen LogP contribution in [0.4, 0.5) is 17.3 Å². The first-order valence-corrected chi connectivity index (χ1v) is 9.13. The van der Waals surface area contributed by atoms with Gasteiger partial charge in [0.15, 0.2) is 0 Å². The second-order valence-corrected chi connectivity index (χ2v) is 6.68. The number of benzene rings is 2. The maximum absolute atomic E-state index is 12.8. The van der Waals surface area contributed by atoms with E-state index in [0.717, 1.165) is 16.8 Å². The van der Waals surface area contributed by atoms with E-state index in [1.165, 1.54) is 7.11 Å². The van der Waals surface area contributed by atoms with Crippen LogP contribution >= 0.6 is 0 Å². The molecular weight excluding hydrogens is 368 g/mol. The van der Waals surface area contributed by atoms with Crippen molar-refractivity contribution in [1.29, 1.82) is 0 Å². The maximum Gasteiger partial charge on any atom is 0.274 e. The fraction of sp³-hybridized carbons (Fsp3) is 0.227. The zero-order chi connectivity index (χ0) is 21.0. The molecule has 0 atom stereocenters. The van der Waals surface area contributed by atoms with Crippen LogP contribution in [0.5, 0.6) is 11.5 Å². The van der Waals surface area contributed by atoms with E-state index in [1.54, 1.807) is 31.4 Å². The SMILES string of the molecule is COc1ccc(NC(=O)c2cc(C)nc(Nc3cc(C)ccc3C)n2)c(OC)c1. The summed E-state index contributed by atoms with van der Waals surface area (Å²) >= 11 is 0. The van der Waals surface area contributed by atoms with Gasteiger partial charge in [0.2, 0.25) is 5.95 Å². The zero-order valence-corrected chi connectivity index (χ0v) is 17.2. The number of amides is 1. The van der Waals surface area contributed by atoms with E-state index >= 15 is 0 Å². The van der Waals surface area contributed by atoms with Gasteiger partial charge in [-0.1, -0.05) is 12.1 Å². The van der Waals surface area contributed by atoms with Gasteiger partial charge in [-0.3, -0.25) is 4.79 Å². The number of methoxy groups -OCH3 is 2. The lowest BCUT2D eigenvalue weighted by Crippen LogP contribution is -2.16. The Labute approximate surface area is 170 Å². The number of ether oxygens (including phenoxy) is 2. The molecule has 0 aliphatic carbocycles. The summed E-state index contributed by atoms with van der Waals surface area (Å²) in [6, 6.07) is 12.9. The second-order valence-electron chi connectivity index (χ2n) is 6.68. The molecule has 7 nitrogen and oxygen atoms in total. The Morgan fingerprint density at radius 2 is 1.69 bits per heavy atom. The van der Waals surface area contributed by atoms with Crippen molar-refractivity contribution in [2.24, 2.45) is 0 Å². The molecular formula is C22H24N4O3. The minimum atomic E-state index is -0.358. The monoisotopic (exact) mass is 392 g/mol. The number of aromatic nitrogens is 2. The van der Waals surface area contributed by atoms with Crippen LogP contribution in [-0.2, 0) is 0 Å². The van der Waals surface area contributed by atoms with E-state index in [1.807, 2.05) is 39.0 Å². The van der Waals surface area contributed by atoms with Crippen LogP contribution in [0.1, 0.15) is 27.3 Å². The molecule has 0 saturated heterocycles. The number of nitrogens with one attached hydrogen (secondary N) is 2.